The molecule has 0 aromatic heterocycles. The number of amides is 1. The highest BCUT2D eigenvalue weighted by molar-refractivity contribution is 6.05. The van der Waals surface area contributed by atoms with Crippen LogP contribution in [0.4, 0.5) is 5.69 Å². The molecule has 0 spiro atoms. The fourth-order valence-electron chi connectivity index (χ4n) is 1.56. The summed E-state index contributed by atoms with van der Waals surface area (Å²) >= 11 is 0. The minimum Gasteiger partial charge on any atom is -0.497 e. The molecule has 1 aromatic rings. The number of nitrogens with two attached hydrogens (primary N) is 1. The van der Waals surface area contributed by atoms with Gasteiger partial charge >= 0.3 is 0 Å². The zero-order chi connectivity index (χ0) is 10.3. The average Bonchev–Trinajstić information content (AvgIpc) is 2.38. The lowest BCUT2D eigenvalue weighted by molar-refractivity contribution is -0.120. The van der Waals surface area contributed by atoms with Gasteiger partial charge in [-0.15, -0.1) is 0 Å². The van der Waals surface area contributed by atoms with Gasteiger partial charge in [0.25, 0.3) is 0 Å². The van der Waals surface area contributed by atoms with E-state index in [-0.39, 0.29) is 5.91 Å². The summed E-state index contributed by atoms with van der Waals surface area (Å²) in [5, 5.41) is 2.72. The van der Waals surface area contributed by atoms with E-state index >= 15 is 0 Å². The van der Waals surface area contributed by atoms with Crippen LogP contribution in [0.15, 0.2) is 18.2 Å². The van der Waals surface area contributed by atoms with Crippen molar-refractivity contribution in [3.05, 3.63) is 23.8 Å². The monoisotopic (exact) mass is 192 g/mol. The highest BCUT2D eigenvalue weighted by Gasteiger charge is 2.39. The number of hydrogen-bond acceptors (Lipinski definition) is 3. The summed E-state index contributed by atoms with van der Waals surface area (Å²) in [7, 11) is 1.58. The van der Waals surface area contributed by atoms with Crippen LogP contribution in [0.5, 0.6) is 5.75 Å². The van der Waals surface area contributed by atoms with E-state index < -0.39 is 5.54 Å². The van der Waals surface area contributed by atoms with Gasteiger partial charge in [-0.3, -0.25) is 4.79 Å². The summed E-state index contributed by atoms with van der Waals surface area (Å²) < 4.78 is 5.07. The normalized spacial score (nSPS) is 24.4. The van der Waals surface area contributed by atoms with E-state index in [1.807, 2.05) is 0 Å². The Hall–Kier alpha value is -1.55. The van der Waals surface area contributed by atoms with Gasteiger partial charge in [0.05, 0.1) is 7.11 Å². The van der Waals surface area contributed by atoms with Crippen LogP contribution < -0.4 is 15.8 Å². The Morgan fingerprint density at radius 2 is 2.21 bits per heavy atom. The summed E-state index contributed by atoms with van der Waals surface area (Å²) in [4.78, 5) is 11.5. The molecule has 0 unspecified atom stereocenters. The first-order valence-electron chi connectivity index (χ1n) is 4.34. The Bertz CT molecular complexity index is 399. The maximum Gasteiger partial charge on any atom is 0.248 e. The molecular weight excluding hydrogens is 180 g/mol. The second-order valence-corrected chi connectivity index (χ2v) is 3.57. The standard InChI is InChI=1S/C10H12N2O2/c1-10(11)7-5-6(14-2)3-4-8(7)12-9(10)13/h3-5H,11H2,1-2H3,(H,12,13)/t10-/m0/s1. The number of rotatable bonds is 1. The molecule has 1 aromatic carbocycles. The molecule has 0 aliphatic carbocycles. The molecule has 14 heavy (non-hydrogen) atoms. The van der Waals surface area contributed by atoms with Crippen molar-refractivity contribution < 1.29 is 9.53 Å². The maximum absolute atomic E-state index is 11.5. The fraction of sp³-hybridized carbons (Fsp3) is 0.300. The third-order valence-electron chi connectivity index (χ3n) is 2.51. The molecule has 0 saturated carbocycles. The zero-order valence-corrected chi connectivity index (χ0v) is 8.13. The summed E-state index contributed by atoms with van der Waals surface area (Å²) in [6, 6.07) is 5.37. The van der Waals surface area contributed by atoms with Crippen LogP contribution in [0.2, 0.25) is 0 Å². The van der Waals surface area contributed by atoms with Crippen LogP contribution in [0.3, 0.4) is 0 Å². The fourth-order valence-corrected chi connectivity index (χ4v) is 1.56. The highest BCUT2D eigenvalue weighted by Crippen LogP contribution is 2.35. The molecule has 2 rings (SSSR count). The molecule has 1 amide bonds. The molecule has 1 heterocycles. The predicted octanol–water partition coefficient (Wildman–Crippen LogP) is 0.821. The number of nitrogens with one attached hydrogen (secondary N) is 1. The van der Waals surface area contributed by atoms with E-state index in [4.69, 9.17) is 10.5 Å². The maximum atomic E-state index is 11.5. The SMILES string of the molecule is COc1ccc2c(c1)[C@](C)(N)C(=O)N2. The summed E-state index contributed by atoms with van der Waals surface area (Å²) in [6.07, 6.45) is 0. The van der Waals surface area contributed by atoms with E-state index in [0.717, 1.165) is 11.3 Å². The summed E-state index contributed by atoms with van der Waals surface area (Å²) in [6.45, 7) is 1.69. The summed E-state index contributed by atoms with van der Waals surface area (Å²) in [5.74, 6) is 0.526. The van der Waals surface area contributed by atoms with Gasteiger partial charge in [-0.1, -0.05) is 0 Å². The summed E-state index contributed by atoms with van der Waals surface area (Å²) in [5.41, 5.74) is 6.48. The topological polar surface area (TPSA) is 64.3 Å². The molecule has 0 radical (unpaired) electrons. The van der Waals surface area contributed by atoms with Crippen molar-refractivity contribution in [3.8, 4) is 5.75 Å². The molecule has 3 N–H and O–H groups in total. The minimum atomic E-state index is -0.954. The highest BCUT2D eigenvalue weighted by atomic mass is 16.5. The smallest absolute Gasteiger partial charge is 0.248 e. The largest absolute Gasteiger partial charge is 0.497 e. The zero-order valence-electron chi connectivity index (χ0n) is 8.13. The lowest BCUT2D eigenvalue weighted by Crippen LogP contribution is -2.40. The van der Waals surface area contributed by atoms with Crippen molar-refractivity contribution >= 4 is 11.6 Å². The number of methoxy groups -OCH3 is 1. The van der Waals surface area contributed by atoms with Crippen LogP contribution in [-0.2, 0) is 10.3 Å². The van der Waals surface area contributed by atoms with Crippen LogP contribution in [0.25, 0.3) is 0 Å². The van der Waals surface area contributed by atoms with Crippen molar-refractivity contribution in [2.24, 2.45) is 5.73 Å². The van der Waals surface area contributed by atoms with Gasteiger partial charge < -0.3 is 15.8 Å². The number of carbonyl (C=O) groups excluding carboxylic acids is 1. The molecule has 0 saturated heterocycles. The predicted molar refractivity (Wildman–Crippen MR) is 53.2 cm³/mol. The van der Waals surface area contributed by atoms with Crippen molar-refractivity contribution in [1.29, 1.82) is 0 Å². The van der Waals surface area contributed by atoms with Crippen LogP contribution >= 0.6 is 0 Å². The minimum absolute atomic E-state index is 0.180. The Kier molecular flexibility index (Phi) is 1.75. The third kappa shape index (κ3) is 1.08. The number of hydrogen-bond donors (Lipinski definition) is 2. The van der Waals surface area contributed by atoms with Gasteiger partial charge in [-0.2, -0.15) is 0 Å². The van der Waals surface area contributed by atoms with Crippen LogP contribution in [0, 0.1) is 0 Å². The third-order valence-corrected chi connectivity index (χ3v) is 2.51. The first-order valence-corrected chi connectivity index (χ1v) is 4.34. The van der Waals surface area contributed by atoms with E-state index in [0.29, 0.717) is 5.75 Å². The van der Waals surface area contributed by atoms with Gasteiger partial charge in [0.1, 0.15) is 11.3 Å². The molecule has 0 fully saturated rings. The lowest BCUT2D eigenvalue weighted by atomic mass is 9.95. The Labute approximate surface area is 82.1 Å². The number of ether oxygens (including phenoxy) is 1. The molecule has 1 atom stereocenters. The van der Waals surface area contributed by atoms with Gasteiger partial charge in [0.15, 0.2) is 0 Å². The number of anilines is 1. The van der Waals surface area contributed by atoms with Crippen molar-refractivity contribution in [2.75, 3.05) is 12.4 Å². The van der Waals surface area contributed by atoms with Crippen LogP contribution in [0.1, 0.15) is 12.5 Å². The quantitative estimate of drug-likeness (QED) is 0.692. The van der Waals surface area contributed by atoms with Crippen molar-refractivity contribution in [3.63, 3.8) is 0 Å². The first kappa shape index (κ1) is 9.02. The van der Waals surface area contributed by atoms with Crippen molar-refractivity contribution in [2.45, 2.75) is 12.5 Å². The van der Waals surface area contributed by atoms with Crippen LogP contribution in [-0.4, -0.2) is 13.0 Å². The number of carbonyl (C=O) groups is 1. The molecule has 4 heteroatoms. The van der Waals surface area contributed by atoms with E-state index in [1.165, 1.54) is 0 Å². The number of benzene rings is 1. The Morgan fingerprint density at radius 1 is 1.50 bits per heavy atom. The van der Waals surface area contributed by atoms with Gasteiger partial charge in [-0.25, -0.2) is 0 Å². The Balaban J connectivity index is 2.56. The number of fused-ring (bicyclic) bond motifs is 1. The average molecular weight is 192 g/mol. The van der Waals surface area contributed by atoms with Gasteiger partial charge in [0, 0.05) is 11.3 Å². The second kappa shape index (κ2) is 2.72. The molecular formula is C10H12N2O2. The molecule has 0 bridgehead atoms. The van der Waals surface area contributed by atoms with E-state index in [9.17, 15) is 4.79 Å². The first-order chi connectivity index (χ1) is 6.55. The molecule has 1 aliphatic rings. The Morgan fingerprint density at radius 3 is 2.86 bits per heavy atom. The molecule has 1 aliphatic heterocycles. The second-order valence-electron chi connectivity index (χ2n) is 3.57. The van der Waals surface area contributed by atoms with E-state index in [1.54, 1.807) is 32.2 Å². The van der Waals surface area contributed by atoms with Gasteiger partial charge in [0.2, 0.25) is 5.91 Å². The van der Waals surface area contributed by atoms with E-state index in [2.05, 4.69) is 5.32 Å². The van der Waals surface area contributed by atoms with Gasteiger partial charge in [-0.05, 0) is 25.1 Å². The van der Waals surface area contributed by atoms with Crippen molar-refractivity contribution in [1.82, 2.24) is 0 Å². The molecule has 74 valence electrons. The lowest BCUT2D eigenvalue weighted by Gasteiger charge is -2.15. The molecule has 4 nitrogen and oxygen atoms in total.